The number of aryl methyl sites for hydroxylation is 1. The van der Waals surface area contributed by atoms with Gasteiger partial charge in [-0.3, -0.25) is 34.3 Å². The van der Waals surface area contributed by atoms with Gasteiger partial charge in [-0.2, -0.15) is 0 Å². The molecule has 3 rings (SSSR count). The molecule has 1 aromatic heterocycles. The molecule has 180 valence electrons. The molecule has 0 aliphatic carbocycles. The van der Waals surface area contributed by atoms with Crippen LogP contribution in [0.4, 0.5) is 10.8 Å². The Morgan fingerprint density at radius 1 is 1.21 bits per heavy atom. The minimum absolute atomic E-state index is 0.112. The van der Waals surface area contributed by atoms with Gasteiger partial charge in [-0.05, 0) is 26.3 Å². The van der Waals surface area contributed by atoms with Crippen molar-refractivity contribution in [3.63, 3.8) is 0 Å². The highest BCUT2D eigenvalue weighted by atomic mass is 32.1. The number of unbranched alkanes of at least 4 members (excludes halogenated alkanes) is 2. The first-order valence-corrected chi connectivity index (χ1v) is 11.6. The first kappa shape index (κ1) is 25.0. The van der Waals surface area contributed by atoms with Gasteiger partial charge in [-0.25, -0.2) is 9.78 Å². The van der Waals surface area contributed by atoms with E-state index in [9.17, 15) is 29.3 Å². The van der Waals surface area contributed by atoms with E-state index in [1.807, 2.05) is 6.92 Å². The van der Waals surface area contributed by atoms with Gasteiger partial charge in [0.15, 0.2) is 5.13 Å². The second kappa shape index (κ2) is 10.5. The lowest BCUT2D eigenvalue weighted by Gasteiger charge is -2.22. The molecule has 1 aromatic carbocycles. The average molecular weight is 489 g/mol. The van der Waals surface area contributed by atoms with E-state index in [-0.39, 0.29) is 34.3 Å². The van der Waals surface area contributed by atoms with Gasteiger partial charge in [0.05, 0.1) is 22.8 Å². The van der Waals surface area contributed by atoms with Crippen molar-refractivity contribution in [2.24, 2.45) is 0 Å². The first-order valence-electron chi connectivity index (χ1n) is 10.8. The average Bonchev–Trinajstić information content (AvgIpc) is 3.30. The molecule has 0 radical (unpaired) electrons. The molecule has 0 saturated heterocycles. The van der Waals surface area contributed by atoms with Gasteiger partial charge < -0.3 is 4.74 Å². The van der Waals surface area contributed by atoms with Gasteiger partial charge in [0.1, 0.15) is 17.0 Å². The molecule has 0 atom stereocenters. The molecule has 1 aliphatic heterocycles. The van der Waals surface area contributed by atoms with Gasteiger partial charge in [-0.1, -0.05) is 37.2 Å². The molecule has 0 unspecified atom stereocenters. The lowest BCUT2D eigenvalue weighted by atomic mass is 10.1. The molecule has 0 bridgehead atoms. The number of benzene rings is 1. The molecule has 0 spiro atoms. The zero-order chi connectivity index (χ0) is 25.0. The third-order valence-corrected chi connectivity index (χ3v) is 6.39. The topological polar surface area (TPSA) is 140 Å². The fraction of sp³-hybridized carbons (Fsp3) is 0.409. The van der Waals surface area contributed by atoms with Crippen LogP contribution in [0.1, 0.15) is 69.2 Å². The maximum absolute atomic E-state index is 13.3. The van der Waals surface area contributed by atoms with Crippen LogP contribution < -0.4 is 4.90 Å². The van der Waals surface area contributed by atoms with Crippen molar-refractivity contribution in [3.05, 3.63) is 50.0 Å². The Morgan fingerprint density at radius 3 is 2.59 bits per heavy atom. The molecule has 0 saturated carbocycles. The highest BCUT2D eigenvalue weighted by molar-refractivity contribution is 7.17. The summed E-state index contributed by atoms with van der Waals surface area (Å²) in [5.41, 5.74) is -0.514. The third-order valence-electron chi connectivity index (χ3n) is 5.23. The van der Waals surface area contributed by atoms with Crippen molar-refractivity contribution in [2.75, 3.05) is 24.6 Å². The molecule has 11 nitrogen and oxygen atoms in total. The number of nitro groups is 1. The molecule has 34 heavy (non-hydrogen) atoms. The summed E-state index contributed by atoms with van der Waals surface area (Å²) in [6, 6.07) is 3.78. The maximum atomic E-state index is 13.3. The lowest BCUT2D eigenvalue weighted by Crippen LogP contribution is -2.43. The summed E-state index contributed by atoms with van der Waals surface area (Å²) in [5, 5.41) is 11.6. The van der Waals surface area contributed by atoms with Gasteiger partial charge in [0.2, 0.25) is 5.91 Å². The number of nitro benzene ring substituents is 1. The summed E-state index contributed by atoms with van der Waals surface area (Å²) < 4.78 is 5.04. The highest BCUT2D eigenvalue weighted by Crippen LogP contribution is 2.32. The van der Waals surface area contributed by atoms with Crippen molar-refractivity contribution in [3.8, 4) is 0 Å². The molecule has 2 heterocycles. The van der Waals surface area contributed by atoms with Crippen molar-refractivity contribution >= 4 is 45.8 Å². The molecule has 0 N–H and O–H groups in total. The molecule has 3 amide bonds. The van der Waals surface area contributed by atoms with Crippen LogP contribution in [0.2, 0.25) is 0 Å². The van der Waals surface area contributed by atoms with Crippen molar-refractivity contribution in [1.82, 2.24) is 9.88 Å². The van der Waals surface area contributed by atoms with Crippen LogP contribution in [0.25, 0.3) is 0 Å². The minimum Gasteiger partial charge on any atom is -0.462 e. The van der Waals surface area contributed by atoms with E-state index >= 15 is 0 Å². The number of hydrogen-bond donors (Lipinski definition) is 0. The van der Waals surface area contributed by atoms with Crippen LogP contribution in [0.5, 0.6) is 0 Å². The Balaban J connectivity index is 1.88. The number of amides is 3. The van der Waals surface area contributed by atoms with Crippen molar-refractivity contribution in [1.29, 1.82) is 0 Å². The summed E-state index contributed by atoms with van der Waals surface area (Å²) in [7, 11) is 0. The number of nitrogens with zero attached hydrogens (tertiary/aromatic N) is 4. The monoisotopic (exact) mass is 488 g/mol. The number of aromatic nitrogens is 1. The summed E-state index contributed by atoms with van der Waals surface area (Å²) in [5.74, 6) is -2.79. The van der Waals surface area contributed by atoms with E-state index in [0.29, 0.717) is 17.0 Å². The summed E-state index contributed by atoms with van der Waals surface area (Å²) in [4.78, 5) is 68.4. The van der Waals surface area contributed by atoms with Gasteiger partial charge in [0, 0.05) is 12.6 Å². The van der Waals surface area contributed by atoms with Crippen LogP contribution in [-0.4, -0.2) is 58.2 Å². The molecule has 1 aliphatic rings. The molecular weight excluding hydrogens is 464 g/mol. The molecule has 0 fully saturated rings. The molecular formula is C22H24N4O7S. The van der Waals surface area contributed by atoms with E-state index in [1.54, 1.807) is 13.8 Å². The Hall–Kier alpha value is -3.67. The normalized spacial score (nSPS) is 12.6. The Labute approximate surface area is 199 Å². The SMILES string of the molecule is CCCCCN(C(=O)CN1C(=O)c2cccc([N+](=O)[O-])c2C1=O)c1nc(C)c(C(=O)OCC)s1. The number of ether oxygens (including phenoxy) is 1. The fourth-order valence-electron chi connectivity index (χ4n) is 3.56. The van der Waals surface area contributed by atoms with Crippen molar-refractivity contribution in [2.45, 2.75) is 40.0 Å². The zero-order valence-corrected chi connectivity index (χ0v) is 19.8. The molecule has 12 heteroatoms. The number of fused-ring (bicyclic) bond motifs is 1. The number of hydrogen-bond acceptors (Lipinski definition) is 9. The Bertz CT molecular complexity index is 1160. The number of anilines is 1. The van der Waals surface area contributed by atoms with Crippen LogP contribution in [0.3, 0.4) is 0 Å². The second-order valence-electron chi connectivity index (χ2n) is 7.54. The standard InChI is InChI=1S/C22H24N4O7S/c1-4-6-7-11-24(22-23-13(3)18(34-22)21(30)33-5-2)16(27)12-25-19(28)14-9-8-10-15(26(31)32)17(14)20(25)29/h8-10H,4-7,11-12H2,1-3H3. The predicted molar refractivity (Wildman–Crippen MR) is 123 cm³/mol. The van der Waals surface area contributed by atoms with Crippen molar-refractivity contribution < 1.29 is 28.8 Å². The van der Waals surface area contributed by atoms with Crippen LogP contribution in [-0.2, 0) is 9.53 Å². The number of imide groups is 1. The van der Waals surface area contributed by atoms with Gasteiger partial charge in [-0.15, -0.1) is 0 Å². The van der Waals surface area contributed by atoms with Gasteiger partial charge in [0.25, 0.3) is 17.5 Å². The number of carbonyl (C=O) groups is 4. The quantitative estimate of drug-likeness (QED) is 0.163. The first-order chi connectivity index (χ1) is 16.2. The van der Waals surface area contributed by atoms with Gasteiger partial charge >= 0.3 is 5.97 Å². The third kappa shape index (κ3) is 4.81. The van der Waals surface area contributed by atoms with E-state index < -0.39 is 40.8 Å². The van der Waals surface area contributed by atoms with E-state index in [1.165, 1.54) is 17.0 Å². The Kier molecular flexibility index (Phi) is 7.72. The summed E-state index contributed by atoms with van der Waals surface area (Å²) in [6.07, 6.45) is 2.37. The van der Waals surface area contributed by atoms with E-state index in [0.717, 1.165) is 30.2 Å². The summed E-state index contributed by atoms with van der Waals surface area (Å²) in [6.45, 7) is 5.17. The van der Waals surface area contributed by atoms with E-state index in [2.05, 4.69) is 4.98 Å². The smallest absolute Gasteiger partial charge is 0.350 e. The van der Waals surface area contributed by atoms with Crippen LogP contribution in [0, 0.1) is 17.0 Å². The number of rotatable bonds is 10. The predicted octanol–water partition coefficient (Wildman–Crippen LogP) is 3.36. The molecule has 2 aromatic rings. The lowest BCUT2D eigenvalue weighted by molar-refractivity contribution is -0.385. The number of esters is 1. The van der Waals surface area contributed by atoms with Crippen LogP contribution in [0.15, 0.2) is 18.2 Å². The zero-order valence-electron chi connectivity index (χ0n) is 19.0. The van der Waals surface area contributed by atoms with E-state index in [4.69, 9.17) is 4.74 Å². The summed E-state index contributed by atoms with van der Waals surface area (Å²) >= 11 is 0.997. The second-order valence-corrected chi connectivity index (χ2v) is 8.51. The number of carbonyl (C=O) groups excluding carboxylic acids is 4. The minimum atomic E-state index is -0.892. The largest absolute Gasteiger partial charge is 0.462 e. The maximum Gasteiger partial charge on any atom is 0.350 e. The number of thiazole rings is 1. The Morgan fingerprint density at radius 2 is 1.94 bits per heavy atom. The fourth-order valence-corrected chi connectivity index (χ4v) is 4.57. The highest BCUT2D eigenvalue weighted by Gasteiger charge is 2.42. The van der Waals surface area contributed by atoms with Crippen LogP contribution >= 0.6 is 11.3 Å².